The van der Waals surface area contributed by atoms with Crippen molar-refractivity contribution in [3.8, 4) is 5.75 Å². The number of rotatable bonds is 8. The SMILES string of the molecule is CC(CN(C)C)NCC(O)COc1ccccc1F. The molecule has 108 valence electrons. The summed E-state index contributed by atoms with van der Waals surface area (Å²) in [5.41, 5.74) is 0. The summed E-state index contributed by atoms with van der Waals surface area (Å²) in [4.78, 5) is 2.07. The lowest BCUT2D eigenvalue weighted by Gasteiger charge is -2.20. The largest absolute Gasteiger partial charge is 0.488 e. The van der Waals surface area contributed by atoms with Gasteiger partial charge in [-0.2, -0.15) is 0 Å². The van der Waals surface area contributed by atoms with Crippen LogP contribution in [0.15, 0.2) is 24.3 Å². The molecule has 0 saturated carbocycles. The summed E-state index contributed by atoms with van der Waals surface area (Å²) in [7, 11) is 3.99. The van der Waals surface area contributed by atoms with Crippen LogP contribution < -0.4 is 10.1 Å². The van der Waals surface area contributed by atoms with E-state index in [-0.39, 0.29) is 18.4 Å². The number of halogens is 1. The van der Waals surface area contributed by atoms with Crippen LogP contribution in [0.25, 0.3) is 0 Å². The maximum absolute atomic E-state index is 13.3. The standard InChI is InChI=1S/C14H23FN2O2/c1-11(9-17(2)3)16-8-12(18)10-19-14-7-5-4-6-13(14)15/h4-7,11-12,16,18H,8-10H2,1-3H3. The van der Waals surface area contributed by atoms with Gasteiger partial charge in [0.05, 0.1) is 0 Å². The first-order chi connectivity index (χ1) is 8.99. The van der Waals surface area contributed by atoms with Gasteiger partial charge in [-0.25, -0.2) is 4.39 Å². The second-order valence-electron chi connectivity index (χ2n) is 4.97. The molecule has 0 fully saturated rings. The predicted molar refractivity (Wildman–Crippen MR) is 73.9 cm³/mol. The number of nitrogens with zero attached hydrogens (tertiary/aromatic N) is 1. The fourth-order valence-electron chi connectivity index (χ4n) is 1.76. The number of aliphatic hydroxyl groups excluding tert-OH is 1. The van der Waals surface area contributed by atoms with Crippen LogP contribution in [-0.2, 0) is 0 Å². The van der Waals surface area contributed by atoms with Crippen LogP contribution in [0.5, 0.6) is 5.75 Å². The molecule has 0 spiro atoms. The molecule has 0 radical (unpaired) electrons. The Bertz CT molecular complexity index is 374. The van der Waals surface area contributed by atoms with Crippen molar-refractivity contribution in [2.24, 2.45) is 0 Å². The van der Waals surface area contributed by atoms with E-state index >= 15 is 0 Å². The highest BCUT2D eigenvalue weighted by Gasteiger charge is 2.10. The minimum atomic E-state index is -0.663. The van der Waals surface area contributed by atoms with Gasteiger partial charge in [0, 0.05) is 19.1 Å². The molecule has 1 aromatic carbocycles. The van der Waals surface area contributed by atoms with Gasteiger partial charge in [-0.05, 0) is 33.2 Å². The van der Waals surface area contributed by atoms with Gasteiger partial charge >= 0.3 is 0 Å². The van der Waals surface area contributed by atoms with Gasteiger partial charge in [-0.1, -0.05) is 12.1 Å². The van der Waals surface area contributed by atoms with Crippen molar-refractivity contribution in [3.63, 3.8) is 0 Å². The third-order valence-corrected chi connectivity index (χ3v) is 2.61. The minimum Gasteiger partial charge on any atom is -0.488 e. The van der Waals surface area contributed by atoms with Gasteiger partial charge in [-0.15, -0.1) is 0 Å². The molecule has 0 amide bonds. The topological polar surface area (TPSA) is 44.7 Å². The van der Waals surface area contributed by atoms with Gasteiger partial charge in [-0.3, -0.25) is 0 Å². The fraction of sp³-hybridized carbons (Fsp3) is 0.571. The first-order valence-electron chi connectivity index (χ1n) is 6.42. The van der Waals surface area contributed by atoms with Crippen LogP contribution in [0.4, 0.5) is 4.39 Å². The maximum Gasteiger partial charge on any atom is 0.165 e. The lowest BCUT2D eigenvalue weighted by molar-refractivity contribution is 0.101. The lowest BCUT2D eigenvalue weighted by Crippen LogP contribution is -2.41. The average Bonchev–Trinajstić information content (AvgIpc) is 2.34. The van der Waals surface area contributed by atoms with Crippen LogP contribution >= 0.6 is 0 Å². The second-order valence-corrected chi connectivity index (χ2v) is 4.97. The summed E-state index contributed by atoms with van der Waals surface area (Å²) < 4.78 is 18.5. The molecule has 0 bridgehead atoms. The van der Waals surface area contributed by atoms with Crippen molar-refractivity contribution < 1.29 is 14.2 Å². The molecule has 1 rings (SSSR count). The first-order valence-corrected chi connectivity index (χ1v) is 6.42. The van der Waals surface area contributed by atoms with E-state index in [1.54, 1.807) is 18.2 Å². The molecular formula is C14H23FN2O2. The molecule has 0 aliphatic carbocycles. The number of ether oxygens (including phenoxy) is 1. The highest BCUT2D eigenvalue weighted by Crippen LogP contribution is 2.15. The van der Waals surface area contributed by atoms with Crippen molar-refractivity contribution >= 4 is 0 Å². The minimum absolute atomic E-state index is 0.0720. The molecule has 0 saturated heterocycles. The molecule has 0 heterocycles. The summed E-state index contributed by atoms with van der Waals surface area (Å²) >= 11 is 0. The number of nitrogens with one attached hydrogen (secondary N) is 1. The quantitative estimate of drug-likeness (QED) is 0.742. The van der Waals surface area contributed by atoms with Crippen LogP contribution in [0.3, 0.4) is 0 Å². The summed E-state index contributed by atoms with van der Waals surface area (Å²) in [6, 6.07) is 6.45. The normalized spacial score (nSPS) is 14.4. The van der Waals surface area contributed by atoms with E-state index in [4.69, 9.17) is 4.74 Å². The van der Waals surface area contributed by atoms with E-state index in [0.717, 1.165) is 6.54 Å². The van der Waals surface area contributed by atoms with E-state index in [0.29, 0.717) is 6.54 Å². The van der Waals surface area contributed by atoms with Crippen LogP contribution in [-0.4, -0.2) is 55.9 Å². The molecule has 2 N–H and O–H groups in total. The van der Waals surface area contributed by atoms with Crippen molar-refractivity contribution in [1.82, 2.24) is 10.2 Å². The Balaban J connectivity index is 2.25. The first kappa shape index (κ1) is 15.9. The third kappa shape index (κ3) is 6.52. The molecule has 1 aromatic rings. The molecule has 0 aromatic heterocycles. The zero-order chi connectivity index (χ0) is 14.3. The van der Waals surface area contributed by atoms with Crippen LogP contribution in [0, 0.1) is 5.82 Å². The summed E-state index contributed by atoms with van der Waals surface area (Å²) in [5.74, 6) is -0.244. The molecule has 2 unspecified atom stereocenters. The van der Waals surface area contributed by atoms with Gasteiger partial charge in [0.1, 0.15) is 12.7 Å². The highest BCUT2D eigenvalue weighted by molar-refractivity contribution is 5.23. The van der Waals surface area contributed by atoms with Gasteiger partial charge in [0.2, 0.25) is 0 Å². The summed E-state index contributed by atoms with van der Waals surface area (Å²) in [5, 5.41) is 13.0. The highest BCUT2D eigenvalue weighted by atomic mass is 19.1. The Morgan fingerprint density at radius 2 is 2.05 bits per heavy atom. The second kappa shape index (κ2) is 8.09. The van der Waals surface area contributed by atoms with Gasteiger partial charge in [0.25, 0.3) is 0 Å². The Labute approximate surface area is 114 Å². The maximum atomic E-state index is 13.3. The molecule has 19 heavy (non-hydrogen) atoms. The number of hydrogen-bond acceptors (Lipinski definition) is 4. The molecule has 0 aliphatic heterocycles. The Kier molecular flexibility index (Phi) is 6.77. The van der Waals surface area contributed by atoms with Crippen molar-refractivity contribution in [2.75, 3.05) is 33.8 Å². The van der Waals surface area contributed by atoms with Gasteiger partial charge in [0.15, 0.2) is 11.6 Å². The third-order valence-electron chi connectivity index (χ3n) is 2.61. The van der Waals surface area contributed by atoms with E-state index in [1.165, 1.54) is 6.07 Å². The van der Waals surface area contributed by atoms with Crippen molar-refractivity contribution in [3.05, 3.63) is 30.1 Å². The zero-order valence-corrected chi connectivity index (χ0v) is 11.8. The Morgan fingerprint density at radius 3 is 2.68 bits per heavy atom. The fourth-order valence-corrected chi connectivity index (χ4v) is 1.76. The van der Waals surface area contributed by atoms with Gasteiger partial charge < -0.3 is 20.1 Å². The number of hydrogen-bond donors (Lipinski definition) is 2. The molecule has 2 atom stereocenters. The number of benzene rings is 1. The Hall–Kier alpha value is -1.17. The monoisotopic (exact) mass is 270 g/mol. The van der Waals surface area contributed by atoms with Crippen LogP contribution in [0.1, 0.15) is 6.92 Å². The van der Waals surface area contributed by atoms with E-state index in [9.17, 15) is 9.50 Å². The smallest absolute Gasteiger partial charge is 0.165 e. The number of para-hydroxylation sites is 1. The number of aliphatic hydroxyl groups is 1. The average molecular weight is 270 g/mol. The lowest BCUT2D eigenvalue weighted by atomic mass is 10.3. The molecule has 0 aliphatic rings. The summed E-state index contributed by atoms with van der Waals surface area (Å²) in [6.45, 7) is 3.43. The summed E-state index contributed by atoms with van der Waals surface area (Å²) in [6.07, 6.45) is -0.663. The Morgan fingerprint density at radius 1 is 1.37 bits per heavy atom. The van der Waals surface area contributed by atoms with Crippen LogP contribution in [0.2, 0.25) is 0 Å². The van der Waals surface area contributed by atoms with E-state index < -0.39 is 11.9 Å². The zero-order valence-electron chi connectivity index (χ0n) is 11.8. The van der Waals surface area contributed by atoms with Crippen molar-refractivity contribution in [1.29, 1.82) is 0 Å². The molecule has 5 heteroatoms. The molecule has 4 nitrogen and oxygen atoms in total. The predicted octanol–water partition coefficient (Wildman–Crippen LogP) is 1.11. The van der Waals surface area contributed by atoms with E-state index in [2.05, 4.69) is 10.2 Å². The van der Waals surface area contributed by atoms with Crippen molar-refractivity contribution in [2.45, 2.75) is 19.1 Å². The number of likely N-dealkylation sites (N-methyl/N-ethyl adjacent to an activating group) is 1. The van der Waals surface area contributed by atoms with E-state index in [1.807, 2.05) is 21.0 Å². The molecular weight excluding hydrogens is 247 g/mol.